The number of nitrogens with zero attached hydrogens (tertiary/aromatic N) is 4. The maximum atomic E-state index is 12.4. The van der Waals surface area contributed by atoms with Crippen molar-refractivity contribution in [2.24, 2.45) is 7.05 Å². The van der Waals surface area contributed by atoms with Gasteiger partial charge in [-0.3, -0.25) is 19.2 Å². The number of carbonyl (C=O) groups excluding carboxylic acids is 1. The molecule has 1 amide bonds. The van der Waals surface area contributed by atoms with Crippen molar-refractivity contribution in [3.63, 3.8) is 0 Å². The molecule has 3 aromatic heterocycles. The molecule has 3 heterocycles. The van der Waals surface area contributed by atoms with Crippen molar-refractivity contribution < 1.29 is 9.21 Å². The third-order valence-electron chi connectivity index (χ3n) is 4.83. The molecular formula is C21H22N6O3. The van der Waals surface area contributed by atoms with Gasteiger partial charge < -0.3 is 14.7 Å². The van der Waals surface area contributed by atoms with Crippen molar-refractivity contribution in [1.29, 1.82) is 0 Å². The van der Waals surface area contributed by atoms with Gasteiger partial charge in [0.05, 0.1) is 25.5 Å². The molecular weight excluding hydrogens is 384 g/mol. The highest BCUT2D eigenvalue weighted by Crippen LogP contribution is 2.15. The molecule has 0 bridgehead atoms. The second-order valence-electron chi connectivity index (χ2n) is 7.02. The van der Waals surface area contributed by atoms with E-state index in [1.165, 1.54) is 6.20 Å². The van der Waals surface area contributed by atoms with Crippen molar-refractivity contribution >= 4 is 16.9 Å². The molecule has 4 rings (SSSR count). The van der Waals surface area contributed by atoms with Crippen LogP contribution < -0.4 is 10.9 Å². The fourth-order valence-corrected chi connectivity index (χ4v) is 3.32. The van der Waals surface area contributed by atoms with Gasteiger partial charge in [0.2, 0.25) is 0 Å². The average molecular weight is 406 g/mol. The first-order chi connectivity index (χ1) is 14.5. The van der Waals surface area contributed by atoms with Crippen molar-refractivity contribution in [1.82, 2.24) is 30.0 Å². The van der Waals surface area contributed by atoms with Gasteiger partial charge in [-0.1, -0.05) is 12.1 Å². The summed E-state index contributed by atoms with van der Waals surface area (Å²) in [5, 5.41) is 7.18. The number of amides is 1. The first-order valence-corrected chi connectivity index (χ1v) is 9.50. The Morgan fingerprint density at radius 2 is 2.00 bits per heavy atom. The van der Waals surface area contributed by atoms with Crippen molar-refractivity contribution in [3.05, 3.63) is 81.9 Å². The summed E-state index contributed by atoms with van der Waals surface area (Å²) in [6.45, 7) is 1.54. The van der Waals surface area contributed by atoms with E-state index in [-0.39, 0.29) is 11.5 Å². The Bertz CT molecular complexity index is 1210. The SMILES string of the molecule is CNC(=O)c1ccc(CN(Cc2nc3c(cnn3C)c(=O)[nH]2)Cc2ccco2)cc1. The van der Waals surface area contributed by atoms with Crippen molar-refractivity contribution in [2.75, 3.05) is 7.05 Å². The summed E-state index contributed by atoms with van der Waals surface area (Å²) in [5.41, 5.74) is 1.96. The Kier molecular flexibility index (Phi) is 5.44. The lowest BCUT2D eigenvalue weighted by atomic mass is 10.1. The van der Waals surface area contributed by atoms with Gasteiger partial charge in [-0.05, 0) is 29.8 Å². The molecule has 154 valence electrons. The summed E-state index contributed by atoms with van der Waals surface area (Å²) in [7, 11) is 3.36. The van der Waals surface area contributed by atoms with E-state index < -0.39 is 0 Å². The normalized spacial score (nSPS) is 11.3. The number of rotatable bonds is 7. The zero-order valence-electron chi connectivity index (χ0n) is 16.8. The summed E-state index contributed by atoms with van der Waals surface area (Å²) in [6.07, 6.45) is 3.15. The number of nitrogens with one attached hydrogen (secondary N) is 2. The summed E-state index contributed by atoms with van der Waals surface area (Å²) in [5.74, 6) is 1.23. The number of hydrogen-bond donors (Lipinski definition) is 2. The van der Waals surface area contributed by atoms with Crippen LogP contribution in [-0.4, -0.2) is 37.6 Å². The van der Waals surface area contributed by atoms with E-state index in [9.17, 15) is 9.59 Å². The lowest BCUT2D eigenvalue weighted by Crippen LogP contribution is -2.25. The van der Waals surface area contributed by atoms with Gasteiger partial charge in [0, 0.05) is 26.2 Å². The topological polar surface area (TPSA) is 109 Å². The van der Waals surface area contributed by atoms with Gasteiger partial charge in [-0.15, -0.1) is 0 Å². The molecule has 0 spiro atoms. The third kappa shape index (κ3) is 4.15. The quantitative estimate of drug-likeness (QED) is 0.485. The second kappa shape index (κ2) is 8.34. The van der Waals surface area contributed by atoms with Crippen molar-refractivity contribution in [3.8, 4) is 0 Å². The number of aryl methyl sites for hydroxylation is 1. The van der Waals surface area contributed by atoms with Gasteiger partial charge in [-0.2, -0.15) is 5.10 Å². The lowest BCUT2D eigenvalue weighted by molar-refractivity contribution is 0.0963. The van der Waals surface area contributed by atoms with Crippen LogP contribution in [0.15, 0.2) is 58.1 Å². The van der Waals surface area contributed by atoms with Gasteiger partial charge in [0.15, 0.2) is 5.65 Å². The molecule has 0 aliphatic carbocycles. The molecule has 9 heteroatoms. The van der Waals surface area contributed by atoms with E-state index in [1.54, 1.807) is 37.2 Å². The maximum absolute atomic E-state index is 12.4. The van der Waals surface area contributed by atoms with Crippen molar-refractivity contribution in [2.45, 2.75) is 19.6 Å². The van der Waals surface area contributed by atoms with Crippen LogP contribution in [0.4, 0.5) is 0 Å². The van der Waals surface area contributed by atoms with Crippen LogP contribution >= 0.6 is 0 Å². The number of benzene rings is 1. The van der Waals surface area contributed by atoms with Gasteiger partial charge in [0.1, 0.15) is 17.0 Å². The molecule has 30 heavy (non-hydrogen) atoms. The van der Waals surface area contributed by atoms with E-state index in [0.29, 0.717) is 42.1 Å². The molecule has 0 saturated heterocycles. The zero-order chi connectivity index (χ0) is 21.1. The highest BCUT2D eigenvalue weighted by Gasteiger charge is 2.14. The Morgan fingerprint density at radius 3 is 2.70 bits per heavy atom. The molecule has 9 nitrogen and oxygen atoms in total. The summed E-state index contributed by atoms with van der Waals surface area (Å²) in [6, 6.07) is 11.2. The van der Waals surface area contributed by atoms with E-state index in [2.05, 4.69) is 25.3 Å². The minimum absolute atomic E-state index is 0.125. The van der Waals surface area contributed by atoms with Crippen LogP contribution in [-0.2, 0) is 26.7 Å². The Labute approximate surface area is 172 Å². The van der Waals surface area contributed by atoms with Crippen LogP contribution in [0.1, 0.15) is 27.5 Å². The standard InChI is InChI=1S/C21H22N6O3/c1-22-20(28)15-7-5-14(6-8-15)11-27(12-16-4-3-9-30-16)13-18-24-19-17(21(29)25-18)10-23-26(19)2/h3-10H,11-13H2,1-2H3,(H,22,28)(H,24,25,29). The first kappa shape index (κ1) is 19.6. The minimum atomic E-state index is -0.212. The Balaban J connectivity index is 1.59. The number of fused-ring (bicyclic) bond motifs is 1. The number of H-pyrrole nitrogens is 1. The third-order valence-corrected chi connectivity index (χ3v) is 4.83. The number of carbonyl (C=O) groups is 1. The first-order valence-electron chi connectivity index (χ1n) is 9.50. The van der Waals surface area contributed by atoms with Crippen LogP contribution in [0.3, 0.4) is 0 Å². The van der Waals surface area contributed by atoms with Gasteiger partial charge >= 0.3 is 0 Å². The lowest BCUT2D eigenvalue weighted by Gasteiger charge is -2.21. The highest BCUT2D eigenvalue weighted by atomic mass is 16.3. The number of aromatic amines is 1. The second-order valence-corrected chi connectivity index (χ2v) is 7.02. The van der Waals surface area contributed by atoms with E-state index in [0.717, 1.165) is 11.3 Å². The molecule has 0 unspecified atom stereocenters. The molecule has 4 aromatic rings. The Morgan fingerprint density at radius 1 is 1.20 bits per heavy atom. The van der Waals surface area contributed by atoms with Gasteiger partial charge in [-0.25, -0.2) is 4.98 Å². The number of hydrogen-bond acceptors (Lipinski definition) is 6. The van der Waals surface area contributed by atoms with E-state index in [1.807, 2.05) is 24.3 Å². The summed E-state index contributed by atoms with van der Waals surface area (Å²) in [4.78, 5) is 33.7. The largest absolute Gasteiger partial charge is 0.468 e. The molecule has 0 aliphatic rings. The minimum Gasteiger partial charge on any atom is -0.468 e. The van der Waals surface area contributed by atoms with Crippen LogP contribution in [0, 0.1) is 0 Å². The molecule has 0 aliphatic heterocycles. The number of furan rings is 1. The van der Waals surface area contributed by atoms with Gasteiger partial charge in [0.25, 0.3) is 11.5 Å². The van der Waals surface area contributed by atoms with E-state index in [4.69, 9.17) is 4.42 Å². The molecule has 1 aromatic carbocycles. The summed E-state index contributed by atoms with van der Waals surface area (Å²) >= 11 is 0. The van der Waals surface area contributed by atoms with Crippen LogP contribution in [0.2, 0.25) is 0 Å². The molecule has 0 saturated carbocycles. The molecule has 0 radical (unpaired) electrons. The van der Waals surface area contributed by atoms with E-state index >= 15 is 0 Å². The number of aromatic nitrogens is 4. The Hall–Kier alpha value is -3.72. The summed E-state index contributed by atoms with van der Waals surface area (Å²) < 4.78 is 7.09. The average Bonchev–Trinajstić information content (AvgIpc) is 3.38. The fourth-order valence-electron chi connectivity index (χ4n) is 3.32. The molecule has 2 N–H and O–H groups in total. The smallest absolute Gasteiger partial charge is 0.262 e. The zero-order valence-corrected chi connectivity index (χ0v) is 16.8. The maximum Gasteiger partial charge on any atom is 0.262 e. The highest BCUT2D eigenvalue weighted by molar-refractivity contribution is 5.93. The van der Waals surface area contributed by atoms with Crippen LogP contribution in [0.25, 0.3) is 11.0 Å². The fraction of sp³-hybridized carbons (Fsp3) is 0.238. The van der Waals surface area contributed by atoms with Crippen LogP contribution in [0.5, 0.6) is 0 Å². The predicted octanol–water partition coefficient (Wildman–Crippen LogP) is 1.81. The monoisotopic (exact) mass is 406 g/mol. The predicted molar refractivity (Wildman–Crippen MR) is 111 cm³/mol. The molecule has 0 fully saturated rings. The molecule has 0 atom stereocenters.